The number of hydrogen-bond donors (Lipinski definition) is 0. The smallest absolute Gasteiger partial charge is 0.200 e. The van der Waals surface area contributed by atoms with Crippen LogP contribution in [0.3, 0.4) is 0 Å². The van der Waals surface area contributed by atoms with Crippen molar-refractivity contribution in [3.05, 3.63) is 29.3 Å². The van der Waals surface area contributed by atoms with Crippen LogP contribution in [0.1, 0.15) is 103 Å². The molecule has 1 nitrogen and oxygen atoms in total. The number of benzene rings is 1. The Labute approximate surface area is 183 Å². The van der Waals surface area contributed by atoms with Gasteiger partial charge < -0.3 is 4.74 Å². The zero-order valence-electron chi connectivity index (χ0n) is 19.2. The molecule has 3 rings (SSSR count). The Bertz CT molecular complexity index is 628. The number of rotatable bonds is 10. The minimum absolute atomic E-state index is 0.0862. The molecule has 0 amide bonds. The summed E-state index contributed by atoms with van der Waals surface area (Å²) in [7, 11) is 0. The average molecular weight is 421 g/mol. The first kappa shape index (κ1) is 23.5. The van der Waals surface area contributed by atoms with E-state index in [4.69, 9.17) is 4.74 Å². The van der Waals surface area contributed by atoms with E-state index in [1.807, 2.05) is 0 Å². The fraction of sp³-hybridized carbons (Fsp3) is 0.778. The third-order valence-electron chi connectivity index (χ3n) is 7.80. The summed E-state index contributed by atoms with van der Waals surface area (Å²) in [6, 6.07) is 3.33. The van der Waals surface area contributed by atoms with Crippen LogP contribution in [0.5, 0.6) is 5.75 Å². The number of halogens is 2. The number of unbranched alkanes of at least 4 members (excludes halogenated alkanes) is 2. The molecule has 2 aliphatic rings. The molecule has 0 radical (unpaired) electrons. The molecule has 0 unspecified atom stereocenters. The molecule has 1 aromatic rings. The lowest BCUT2D eigenvalue weighted by atomic mass is 9.69. The van der Waals surface area contributed by atoms with Crippen molar-refractivity contribution < 1.29 is 13.5 Å². The summed E-state index contributed by atoms with van der Waals surface area (Å²) >= 11 is 0. The number of hydrogen-bond acceptors (Lipinski definition) is 1. The van der Waals surface area contributed by atoms with Gasteiger partial charge in [0, 0.05) is 0 Å². The second-order valence-electron chi connectivity index (χ2n) is 9.97. The van der Waals surface area contributed by atoms with Crippen molar-refractivity contribution in [1.82, 2.24) is 0 Å². The van der Waals surface area contributed by atoms with Gasteiger partial charge in [0.2, 0.25) is 5.82 Å². The quantitative estimate of drug-likeness (QED) is 0.345. The van der Waals surface area contributed by atoms with Crippen molar-refractivity contribution in [1.29, 1.82) is 0 Å². The third kappa shape index (κ3) is 6.44. The molecule has 30 heavy (non-hydrogen) atoms. The predicted octanol–water partition coefficient (Wildman–Crippen LogP) is 8.49. The van der Waals surface area contributed by atoms with Crippen molar-refractivity contribution in [2.45, 2.75) is 104 Å². The van der Waals surface area contributed by atoms with Crippen molar-refractivity contribution >= 4 is 0 Å². The highest BCUT2D eigenvalue weighted by Crippen LogP contribution is 2.42. The zero-order valence-corrected chi connectivity index (χ0v) is 19.2. The summed E-state index contributed by atoms with van der Waals surface area (Å²) in [5.41, 5.74) is 0.475. The summed E-state index contributed by atoms with van der Waals surface area (Å²) < 4.78 is 34.5. The molecule has 2 saturated carbocycles. The maximum Gasteiger partial charge on any atom is 0.200 e. The van der Waals surface area contributed by atoms with Crippen molar-refractivity contribution in [2.75, 3.05) is 6.61 Å². The van der Waals surface area contributed by atoms with Gasteiger partial charge in [-0.25, -0.2) is 4.39 Å². The summed E-state index contributed by atoms with van der Waals surface area (Å²) in [5, 5.41) is 0. The Morgan fingerprint density at radius 1 is 0.767 bits per heavy atom. The lowest BCUT2D eigenvalue weighted by molar-refractivity contribution is 0.120. The molecule has 0 aromatic heterocycles. The largest absolute Gasteiger partial charge is 0.490 e. The van der Waals surface area contributed by atoms with Gasteiger partial charge >= 0.3 is 0 Å². The highest BCUT2D eigenvalue weighted by Gasteiger charge is 2.31. The van der Waals surface area contributed by atoms with Gasteiger partial charge in [-0.05, 0) is 86.7 Å². The Morgan fingerprint density at radius 3 is 2.00 bits per heavy atom. The lowest BCUT2D eigenvalue weighted by Crippen LogP contribution is -2.27. The van der Waals surface area contributed by atoms with Gasteiger partial charge in [-0.3, -0.25) is 0 Å². The van der Waals surface area contributed by atoms with Crippen molar-refractivity contribution in [3.8, 4) is 5.75 Å². The van der Waals surface area contributed by atoms with Gasteiger partial charge in [-0.2, -0.15) is 4.39 Å². The first-order valence-electron chi connectivity index (χ1n) is 12.7. The SMILES string of the molecule is CCCCCc1ccc(OC[C@H]2CC[C@H](C3CCC(CCC)CC3)CC2)c(F)c1F. The van der Waals surface area contributed by atoms with Gasteiger partial charge in [-0.15, -0.1) is 0 Å². The fourth-order valence-corrected chi connectivity index (χ4v) is 5.83. The number of ether oxygens (including phenoxy) is 1. The lowest BCUT2D eigenvalue weighted by Gasteiger charge is -2.37. The highest BCUT2D eigenvalue weighted by atomic mass is 19.2. The second kappa shape index (κ2) is 12.1. The molecule has 0 atom stereocenters. The van der Waals surface area contributed by atoms with Crippen LogP contribution in [0.4, 0.5) is 8.78 Å². The molecule has 0 N–H and O–H groups in total. The van der Waals surface area contributed by atoms with E-state index in [9.17, 15) is 8.78 Å². The van der Waals surface area contributed by atoms with Gasteiger partial charge in [0.05, 0.1) is 6.61 Å². The van der Waals surface area contributed by atoms with E-state index in [-0.39, 0.29) is 5.75 Å². The van der Waals surface area contributed by atoms with Crippen molar-refractivity contribution in [3.63, 3.8) is 0 Å². The van der Waals surface area contributed by atoms with E-state index in [2.05, 4.69) is 13.8 Å². The highest BCUT2D eigenvalue weighted by molar-refractivity contribution is 5.31. The maximum absolute atomic E-state index is 14.4. The van der Waals surface area contributed by atoms with E-state index in [0.717, 1.165) is 37.0 Å². The molecule has 0 heterocycles. The molecule has 0 spiro atoms. The van der Waals surface area contributed by atoms with Crippen LogP contribution in [-0.2, 0) is 6.42 Å². The van der Waals surface area contributed by atoms with Crippen LogP contribution in [0, 0.1) is 35.3 Å². The molecule has 170 valence electrons. The topological polar surface area (TPSA) is 9.23 Å². The molecule has 1 aromatic carbocycles. The first-order chi connectivity index (χ1) is 14.6. The Kier molecular flexibility index (Phi) is 9.46. The van der Waals surface area contributed by atoms with Crippen LogP contribution in [0.25, 0.3) is 0 Å². The van der Waals surface area contributed by atoms with Gasteiger partial charge in [0.25, 0.3) is 0 Å². The van der Waals surface area contributed by atoms with Gasteiger partial charge in [0.1, 0.15) is 0 Å². The summed E-state index contributed by atoms with van der Waals surface area (Å²) in [6.45, 7) is 4.93. The summed E-state index contributed by atoms with van der Waals surface area (Å²) in [5.74, 6) is 1.82. The van der Waals surface area contributed by atoms with Crippen molar-refractivity contribution in [2.24, 2.45) is 23.7 Å². The minimum atomic E-state index is -0.804. The molecule has 0 saturated heterocycles. The fourth-order valence-electron chi connectivity index (χ4n) is 5.83. The molecule has 3 heteroatoms. The molecular weight excluding hydrogens is 378 g/mol. The van der Waals surface area contributed by atoms with E-state index in [1.165, 1.54) is 64.2 Å². The van der Waals surface area contributed by atoms with E-state index >= 15 is 0 Å². The van der Waals surface area contributed by atoms with Crippen LogP contribution in [-0.4, -0.2) is 6.61 Å². The molecule has 0 bridgehead atoms. The monoisotopic (exact) mass is 420 g/mol. The summed E-state index contributed by atoms with van der Waals surface area (Å²) in [4.78, 5) is 0. The predicted molar refractivity (Wildman–Crippen MR) is 121 cm³/mol. The average Bonchev–Trinajstić information content (AvgIpc) is 2.77. The van der Waals surface area contributed by atoms with Crippen LogP contribution in [0.2, 0.25) is 0 Å². The first-order valence-corrected chi connectivity index (χ1v) is 12.7. The van der Waals surface area contributed by atoms with E-state index in [1.54, 1.807) is 12.1 Å². The van der Waals surface area contributed by atoms with Gasteiger partial charge in [-0.1, -0.05) is 58.4 Å². The van der Waals surface area contributed by atoms with E-state index < -0.39 is 11.6 Å². The molecule has 2 fully saturated rings. The molecular formula is C27H42F2O. The third-order valence-corrected chi connectivity index (χ3v) is 7.80. The maximum atomic E-state index is 14.4. The second-order valence-corrected chi connectivity index (χ2v) is 9.97. The standard InChI is InChI=1S/C27H42F2O/c1-3-5-6-8-24-17-18-25(27(29)26(24)28)30-19-21-11-15-23(16-12-21)22-13-9-20(7-4-2)10-14-22/h17-18,20-23H,3-16,19H2,1-2H3/t20?,21-,22?,23-. The summed E-state index contributed by atoms with van der Waals surface area (Å²) in [6.07, 6.45) is 17.0. The normalized spacial score (nSPS) is 27.2. The molecule has 0 aliphatic heterocycles. The van der Waals surface area contributed by atoms with Crippen LogP contribution < -0.4 is 4.74 Å². The minimum Gasteiger partial charge on any atom is -0.490 e. The van der Waals surface area contributed by atoms with Crippen LogP contribution in [0.15, 0.2) is 12.1 Å². The number of aryl methyl sites for hydroxylation is 1. The Balaban J connectivity index is 1.41. The Hall–Kier alpha value is -1.12. The van der Waals surface area contributed by atoms with Gasteiger partial charge in [0.15, 0.2) is 11.6 Å². The van der Waals surface area contributed by atoms with Crippen LogP contribution >= 0.6 is 0 Å². The zero-order chi connectivity index (χ0) is 21.3. The van der Waals surface area contributed by atoms with E-state index in [0.29, 0.717) is 24.5 Å². The molecule has 2 aliphatic carbocycles. The Morgan fingerprint density at radius 2 is 1.40 bits per heavy atom.